The van der Waals surface area contributed by atoms with Crippen LogP contribution in [-0.2, 0) is 19.1 Å². The average molecular weight is 304 g/mol. The molecule has 21 heavy (non-hydrogen) atoms. The van der Waals surface area contributed by atoms with Gasteiger partial charge in [-0.15, -0.1) is 0 Å². The summed E-state index contributed by atoms with van der Waals surface area (Å²) >= 11 is 0. The van der Waals surface area contributed by atoms with E-state index in [1.54, 1.807) is 7.05 Å². The van der Waals surface area contributed by atoms with Crippen LogP contribution in [0.15, 0.2) is 0 Å². The van der Waals surface area contributed by atoms with Crippen LogP contribution in [0.3, 0.4) is 0 Å². The van der Waals surface area contributed by atoms with E-state index in [0.717, 1.165) is 6.54 Å². The van der Waals surface area contributed by atoms with Gasteiger partial charge in [0.2, 0.25) is 5.91 Å². The Morgan fingerprint density at radius 3 is 1.24 bits per heavy atom. The highest BCUT2D eigenvalue weighted by molar-refractivity contribution is 5.82. The van der Waals surface area contributed by atoms with Gasteiger partial charge in [-0.3, -0.25) is 19.3 Å². The lowest BCUT2D eigenvalue weighted by molar-refractivity contribution is -0.156. The molecule has 0 bridgehead atoms. The van der Waals surface area contributed by atoms with Crippen LogP contribution in [0.2, 0.25) is 0 Å². The molecule has 0 aliphatic carbocycles. The van der Waals surface area contributed by atoms with Gasteiger partial charge >= 0.3 is 11.9 Å². The summed E-state index contributed by atoms with van der Waals surface area (Å²) in [4.78, 5) is 31.8. The second-order valence-corrected chi connectivity index (χ2v) is 4.91. The van der Waals surface area contributed by atoms with Crippen molar-refractivity contribution < 1.29 is 19.1 Å². The van der Waals surface area contributed by atoms with Crippen molar-refractivity contribution in [1.29, 1.82) is 0 Å². The average Bonchev–Trinajstić information content (AvgIpc) is 2.28. The van der Waals surface area contributed by atoms with Crippen molar-refractivity contribution in [3.8, 4) is 0 Å². The van der Waals surface area contributed by atoms with E-state index in [1.807, 2.05) is 0 Å². The second kappa shape index (κ2) is 15.0. The molecule has 0 spiro atoms. The van der Waals surface area contributed by atoms with Crippen molar-refractivity contribution in [2.75, 3.05) is 13.6 Å². The normalized spacial score (nSPS) is 9.33. The fourth-order valence-electron chi connectivity index (χ4n) is 1.53. The number of amides is 1. The summed E-state index contributed by atoms with van der Waals surface area (Å²) in [7, 11) is 1.60. The summed E-state index contributed by atoms with van der Waals surface area (Å²) in [6.07, 6.45) is 0. The van der Waals surface area contributed by atoms with Crippen LogP contribution in [0, 0.1) is 0 Å². The first-order valence-electron chi connectivity index (χ1n) is 7.12. The summed E-state index contributed by atoms with van der Waals surface area (Å²) in [5.74, 6) is -1.12. The molecule has 1 amide bonds. The Labute approximate surface area is 129 Å². The zero-order valence-electron chi connectivity index (χ0n) is 14.9. The van der Waals surface area contributed by atoms with E-state index in [2.05, 4.69) is 49.6 Å². The number of hydrogen-bond donors (Lipinski definition) is 1. The Morgan fingerprint density at radius 2 is 1.24 bits per heavy atom. The highest BCUT2D eigenvalue weighted by Crippen LogP contribution is 2.02. The molecule has 0 fully saturated rings. The van der Waals surface area contributed by atoms with Crippen LogP contribution in [0.25, 0.3) is 0 Å². The summed E-state index contributed by atoms with van der Waals surface area (Å²) < 4.78 is 3.97. The van der Waals surface area contributed by atoms with Gasteiger partial charge in [-0.2, -0.15) is 0 Å². The lowest BCUT2D eigenvalue weighted by Gasteiger charge is -2.28. The van der Waals surface area contributed by atoms with E-state index in [0.29, 0.717) is 12.1 Å². The molecule has 126 valence electrons. The quantitative estimate of drug-likeness (QED) is 0.637. The third-order valence-corrected chi connectivity index (χ3v) is 2.33. The van der Waals surface area contributed by atoms with Gasteiger partial charge < -0.3 is 10.1 Å². The number of carbonyl (C=O) groups excluding carboxylic acids is 3. The minimum Gasteiger partial charge on any atom is -0.394 e. The molecule has 0 saturated carbocycles. The van der Waals surface area contributed by atoms with Crippen LogP contribution < -0.4 is 5.32 Å². The number of rotatable bonds is 3. The number of carbonyl (C=O) groups is 3. The van der Waals surface area contributed by atoms with Gasteiger partial charge in [0.05, 0.1) is 0 Å². The molecule has 0 aromatic carbocycles. The maximum atomic E-state index is 9.81. The van der Waals surface area contributed by atoms with Crippen molar-refractivity contribution in [3.63, 3.8) is 0 Å². The van der Waals surface area contributed by atoms with Gasteiger partial charge in [-0.05, 0) is 34.2 Å². The predicted octanol–water partition coefficient (Wildman–Crippen LogP) is 1.97. The van der Waals surface area contributed by atoms with Gasteiger partial charge in [-0.25, -0.2) is 0 Å². The smallest absolute Gasteiger partial charge is 0.310 e. The van der Waals surface area contributed by atoms with Gasteiger partial charge in [0, 0.05) is 39.9 Å². The number of nitrogens with one attached hydrogen (secondary N) is 1. The summed E-state index contributed by atoms with van der Waals surface area (Å²) in [5.41, 5.74) is 0. The maximum Gasteiger partial charge on any atom is 0.310 e. The third-order valence-electron chi connectivity index (χ3n) is 2.33. The molecule has 0 unspecified atom stereocenters. The monoisotopic (exact) mass is 304 g/mol. The molecule has 0 aliphatic rings. The number of nitrogens with zero attached hydrogens (tertiary/aromatic N) is 1. The van der Waals surface area contributed by atoms with Crippen LogP contribution >= 0.6 is 0 Å². The molecule has 1 N–H and O–H groups in total. The van der Waals surface area contributed by atoms with Crippen molar-refractivity contribution in [2.45, 2.75) is 67.5 Å². The maximum absolute atomic E-state index is 9.81. The number of ether oxygens (including phenoxy) is 1. The fraction of sp³-hybridized carbons (Fsp3) is 0.800. The van der Waals surface area contributed by atoms with Gasteiger partial charge in [0.1, 0.15) is 0 Å². The highest BCUT2D eigenvalue weighted by Gasteiger charge is 2.08. The summed E-state index contributed by atoms with van der Waals surface area (Å²) in [6, 6.07) is 1.38. The van der Waals surface area contributed by atoms with Crippen molar-refractivity contribution in [3.05, 3.63) is 0 Å². The van der Waals surface area contributed by atoms with E-state index >= 15 is 0 Å². The van der Waals surface area contributed by atoms with Crippen molar-refractivity contribution in [2.24, 2.45) is 0 Å². The first kappa shape index (κ1) is 24.6. The van der Waals surface area contributed by atoms with Gasteiger partial charge in [-0.1, -0.05) is 6.92 Å². The Morgan fingerprint density at radius 1 is 0.952 bits per heavy atom. The number of hydrogen-bond acceptors (Lipinski definition) is 5. The molecule has 0 atom stereocenters. The summed E-state index contributed by atoms with van der Waals surface area (Å²) in [6.45, 7) is 16.2. The minimum absolute atomic E-state index is 0.00463. The van der Waals surface area contributed by atoms with Crippen LogP contribution in [-0.4, -0.2) is 48.4 Å². The molecule has 0 saturated heterocycles. The van der Waals surface area contributed by atoms with E-state index in [1.165, 1.54) is 20.8 Å². The largest absolute Gasteiger partial charge is 0.394 e. The lowest BCUT2D eigenvalue weighted by Crippen LogP contribution is -2.36. The first-order valence-corrected chi connectivity index (χ1v) is 7.12. The molecule has 6 nitrogen and oxygen atoms in total. The SMILES string of the molecule is CC(=O)OC(C)=O.CCN(C(C)C)C(C)C.CNC(C)=O. The molecule has 0 aromatic heterocycles. The molecule has 0 aliphatic heterocycles. The fourth-order valence-corrected chi connectivity index (χ4v) is 1.53. The van der Waals surface area contributed by atoms with E-state index in [4.69, 9.17) is 0 Å². The zero-order valence-corrected chi connectivity index (χ0v) is 14.9. The summed E-state index contributed by atoms with van der Waals surface area (Å²) in [5, 5.41) is 2.39. The Bertz CT molecular complexity index is 282. The molecule has 6 heteroatoms. The zero-order chi connectivity index (χ0) is 17.6. The number of esters is 2. The van der Waals surface area contributed by atoms with Crippen molar-refractivity contribution >= 4 is 17.8 Å². The molecule has 0 radical (unpaired) electrons. The van der Waals surface area contributed by atoms with Gasteiger partial charge in [0.25, 0.3) is 0 Å². The molecule has 0 aromatic rings. The van der Waals surface area contributed by atoms with E-state index in [9.17, 15) is 14.4 Å². The predicted molar refractivity (Wildman–Crippen MR) is 84.8 cm³/mol. The molecule has 0 heterocycles. The van der Waals surface area contributed by atoms with Crippen LogP contribution in [0.5, 0.6) is 0 Å². The molecule has 0 rings (SSSR count). The third kappa shape index (κ3) is 24.0. The minimum atomic E-state index is -0.562. The van der Waals surface area contributed by atoms with Crippen LogP contribution in [0.1, 0.15) is 55.4 Å². The first-order chi connectivity index (χ1) is 9.49. The molecular formula is C15H32N2O4. The second-order valence-electron chi connectivity index (χ2n) is 4.91. The van der Waals surface area contributed by atoms with E-state index in [-0.39, 0.29) is 5.91 Å². The Hall–Kier alpha value is -1.43. The Kier molecular flexibility index (Phi) is 17.5. The van der Waals surface area contributed by atoms with E-state index < -0.39 is 11.9 Å². The highest BCUT2D eigenvalue weighted by atomic mass is 16.6. The topological polar surface area (TPSA) is 75.7 Å². The molecular weight excluding hydrogens is 272 g/mol. The van der Waals surface area contributed by atoms with Gasteiger partial charge in [0.15, 0.2) is 0 Å². The lowest BCUT2D eigenvalue weighted by atomic mass is 10.2. The standard InChI is InChI=1S/C8H19N.C4H6O3.C3H7NO/c1-6-9(7(2)3)8(4)5;1-3(5)7-4(2)6;1-3(5)4-2/h7-8H,6H2,1-5H3;1-2H3;1-2H3,(H,4,5). The Balaban J connectivity index is -0.000000242. The van der Waals surface area contributed by atoms with Crippen LogP contribution in [0.4, 0.5) is 0 Å². The van der Waals surface area contributed by atoms with Crippen molar-refractivity contribution in [1.82, 2.24) is 10.2 Å².